The fourth-order valence-corrected chi connectivity index (χ4v) is 5.83. The van der Waals surface area contributed by atoms with E-state index in [1.54, 1.807) is 36.3 Å². The average molecular weight is 555 g/mol. The van der Waals surface area contributed by atoms with E-state index in [0.717, 1.165) is 24.9 Å². The van der Waals surface area contributed by atoms with Gasteiger partial charge in [0.2, 0.25) is 5.91 Å². The van der Waals surface area contributed by atoms with Crippen molar-refractivity contribution in [1.29, 1.82) is 0 Å². The summed E-state index contributed by atoms with van der Waals surface area (Å²) >= 11 is 0. The number of anilines is 2. The van der Waals surface area contributed by atoms with Gasteiger partial charge in [-0.2, -0.15) is 0 Å². The van der Waals surface area contributed by atoms with Crippen molar-refractivity contribution >= 4 is 29.1 Å². The number of ether oxygens (including phenoxy) is 1. The molecule has 5 rings (SSSR count). The lowest BCUT2D eigenvalue weighted by atomic mass is 9.85. The molecule has 0 saturated carbocycles. The standard InChI is InChI=1S/C33H38N4O4/c1-3-4-8-25-11-13-26(14-12-25)31(39)35-21-19-33(20-22-35)32(40)36(24-37(33)28-9-6-5-7-10-28)23-30(38)34-27-15-17-29(41-2)18-16-27/h5-7,9-18H,3-4,8,19-24H2,1-2H3,(H,34,38). The Balaban J connectivity index is 1.28. The van der Waals surface area contributed by atoms with Gasteiger partial charge in [0.15, 0.2) is 0 Å². The molecule has 0 aliphatic carbocycles. The number of unbranched alkanes of at least 4 members (excludes halogenated alkanes) is 1. The van der Waals surface area contributed by atoms with Gasteiger partial charge < -0.3 is 24.8 Å². The molecule has 8 nitrogen and oxygen atoms in total. The fraction of sp³-hybridized carbons (Fsp3) is 0.364. The Kier molecular flexibility index (Phi) is 8.57. The zero-order chi connectivity index (χ0) is 28.8. The number of piperidine rings is 1. The van der Waals surface area contributed by atoms with Gasteiger partial charge in [-0.15, -0.1) is 0 Å². The molecule has 2 saturated heterocycles. The maximum Gasteiger partial charge on any atom is 0.253 e. The fourth-order valence-electron chi connectivity index (χ4n) is 5.83. The van der Waals surface area contributed by atoms with Crippen LogP contribution in [-0.4, -0.2) is 66.5 Å². The molecule has 41 heavy (non-hydrogen) atoms. The summed E-state index contributed by atoms with van der Waals surface area (Å²) in [6.45, 7) is 3.37. The molecule has 3 aromatic rings. The minimum atomic E-state index is -0.803. The number of carbonyl (C=O) groups is 3. The van der Waals surface area contributed by atoms with Crippen molar-refractivity contribution in [2.24, 2.45) is 0 Å². The lowest BCUT2D eigenvalue weighted by Crippen LogP contribution is -2.57. The number of carbonyl (C=O) groups excluding carboxylic acids is 3. The van der Waals surface area contributed by atoms with Crippen molar-refractivity contribution in [3.63, 3.8) is 0 Å². The summed E-state index contributed by atoms with van der Waals surface area (Å²) in [5.74, 6) is 0.364. The molecular formula is C33H38N4O4. The molecule has 0 aromatic heterocycles. The molecule has 1 spiro atoms. The van der Waals surface area contributed by atoms with Crippen molar-refractivity contribution in [3.8, 4) is 5.75 Å². The molecule has 3 aromatic carbocycles. The van der Waals surface area contributed by atoms with E-state index in [2.05, 4.69) is 17.1 Å². The molecule has 2 aliphatic heterocycles. The van der Waals surface area contributed by atoms with Crippen LogP contribution in [0.2, 0.25) is 0 Å². The normalized spacial score (nSPS) is 16.2. The monoisotopic (exact) mass is 554 g/mol. The maximum absolute atomic E-state index is 14.0. The number of para-hydroxylation sites is 1. The van der Waals surface area contributed by atoms with E-state index in [1.165, 1.54) is 5.56 Å². The van der Waals surface area contributed by atoms with Crippen LogP contribution in [0.25, 0.3) is 0 Å². The third-order valence-electron chi connectivity index (χ3n) is 8.19. The molecule has 0 bridgehead atoms. The Hall–Kier alpha value is -4.33. The Morgan fingerprint density at radius 3 is 2.24 bits per heavy atom. The van der Waals surface area contributed by atoms with E-state index in [0.29, 0.717) is 49.6 Å². The second kappa shape index (κ2) is 12.5. The van der Waals surface area contributed by atoms with E-state index in [9.17, 15) is 14.4 Å². The van der Waals surface area contributed by atoms with Gasteiger partial charge >= 0.3 is 0 Å². The average Bonchev–Trinajstić information content (AvgIpc) is 3.27. The minimum Gasteiger partial charge on any atom is -0.497 e. The van der Waals surface area contributed by atoms with Gasteiger partial charge in [-0.05, 0) is 79.8 Å². The van der Waals surface area contributed by atoms with Gasteiger partial charge in [0, 0.05) is 30.0 Å². The van der Waals surface area contributed by atoms with Gasteiger partial charge in [0.25, 0.3) is 11.8 Å². The van der Waals surface area contributed by atoms with Crippen molar-refractivity contribution < 1.29 is 19.1 Å². The Morgan fingerprint density at radius 2 is 1.61 bits per heavy atom. The number of methoxy groups -OCH3 is 1. The van der Waals surface area contributed by atoms with Crippen LogP contribution in [0.15, 0.2) is 78.9 Å². The van der Waals surface area contributed by atoms with Crippen LogP contribution in [0.1, 0.15) is 48.5 Å². The van der Waals surface area contributed by atoms with Crippen molar-refractivity contribution in [2.75, 3.05) is 43.6 Å². The minimum absolute atomic E-state index is 0.00526. The maximum atomic E-state index is 14.0. The summed E-state index contributed by atoms with van der Waals surface area (Å²) in [5, 5.41) is 2.88. The first-order valence-corrected chi connectivity index (χ1v) is 14.4. The van der Waals surface area contributed by atoms with Gasteiger partial charge in [-0.1, -0.05) is 43.7 Å². The molecule has 8 heteroatoms. The molecule has 0 radical (unpaired) electrons. The van der Waals surface area contributed by atoms with Crippen molar-refractivity contribution in [3.05, 3.63) is 90.0 Å². The molecule has 1 N–H and O–H groups in total. The SMILES string of the molecule is CCCCc1ccc(C(=O)N2CCC3(CC2)C(=O)N(CC(=O)Nc2ccc(OC)cc2)CN3c2ccccc2)cc1. The Labute approximate surface area is 241 Å². The molecule has 214 valence electrons. The number of nitrogens with zero attached hydrogens (tertiary/aromatic N) is 3. The van der Waals surface area contributed by atoms with Crippen LogP contribution in [0, 0.1) is 0 Å². The van der Waals surface area contributed by atoms with Crippen LogP contribution >= 0.6 is 0 Å². The summed E-state index contributed by atoms with van der Waals surface area (Å²) in [4.78, 5) is 45.9. The number of hydrogen-bond acceptors (Lipinski definition) is 5. The van der Waals surface area contributed by atoms with E-state index in [1.807, 2.05) is 59.5 Å². The Bertz CT molecular complexity index is 1350. The third-order valence-corrected chi connectivity index (χ3v) is 8.19. The van der Waals surface area contributed by atoms with Gasteiger partial charge in [0.05, 0.1) is 13.8 Å². The molecule has 2 heterocycles. The lowest BCUT2D eigenvalue weighted by Gasteiger charge is -2.43. The second-order valence-electron chi connectivity index (χ2n) is 10.8. The number of rotatable bonds is 9. The van der Waals surface area contributed by atoms with Gasteiger partial charge in [-0.3, -0.25) is 14.4 Å². The lowest BCUT2D eigenvalue weighted by molar-refractivity contribution is -0.136. The molecule has 3 amide bonds. The third kappa shape index (κ3) is 6.06. The smallest absolute Gasteiger partial charge is 0.253 e. The predicted octanol–water partition coefficient (Wildman–Crippen LogP) is 4.96. The first-order valence-electron chi connectivity index (χ1n) is 14.4. The van der Waals surface area contributed by atoms with Crippen LogP contribution in [0.3, 0.4) is 0 Å². The topological polar surface area (TPSA) is 82.2 Å². The number of aryl methyl sites for hydroxylation is 1. The number of hydrogen-bond donors (Lipinski definition) is 1. The first-order chi connectivity index (χ1) is 19.9. The highest BCUT2D eigenvalue weighted by molar-refractivity contribution is 6.00. The van der Waals surface area contributed by atoms with Crippen LogP contribution < -0.4 is 15.0 Å². The van der Waals surface area contributed by atoms with Gasteiger partial charge in [-0.25, -0.2) is 0 Å². The largest absolute Gasteiger partial charge is 0.497 e. The van der Waals surface area contributed by atoms with Crippen molar-refractivity contribution in [1.82, 2.24) is 9.80 Å². The van der Waals surface area contributed by atoms with Gasteiger partial charge in [0.1, 0.15) is 17.8 Å². The summed E-state index contributed by atoms with van der Waals surface area (Å²) in [5.41, 5.74) is 2.69. The number of amides is 3. The second-order valence-corrected chi connectivity index (χ2v) is 10.8. The summed E-state index contributed by atoms with van der Waals surface area (Å²) in [6.07, 6.45) is 4.28. The predicted molar refractivity (Wildman–Crippen MR) is 160 cm³/mol. The molecule has 0 unspecified atom stereocenters. The van der Waals surface area contributed by atoms with E-state index in [-0.39, 0.29) is 24.3 Å². The van der Waals surface area contributed by atoms with Crippen LogP contribution in [-0.2, 0) is 16.0 Å². The highest BCUT2D eigenvalue weighted by Gasteiger charge is 2.54. The zero-order valence-electron chi connectivity index (χ0n) is 23.8. The summed E-state index contributed by atoms with van der Waals surface area (Å²) in [6, 6.07) is 24.8. The van der Waals surface area contributed by atoms with E-state index in [4.69, 9.17) is 4.74 Å². The number of benzene rings is 3. The quantitative estimate of drug-likeness (QED) is 0.405. The summed E-state index contributed by atoms with van der Waals surface area (Å²) < 4.78 is 5.18. The number of likely N-dealkylation sites (tertiary alicyclic amines) is 1. The van der Waals surface area contributed by atoms with E-state index < -0.39 is 5.54 Å². The Morgan fingerprint density at radius 1 is 0.927 bits per heavy atom. The molecular weight excluding hydrogens is 516 g/mol. The summed E-state index contributed by atoms with van der Waals surface area (Å²) in [7, 11) is 1.59. The molecule has 2 fully saturated rings. The van der Waals surface area contributed by atoms with Crippen LogP contribution in [0.5, 0.6) is 5.75 Å². The molecule has 0 atom stereocenters. The zero-order valence-corrected chi connectivity index (χ0v) is 23.8. The first kappa shape index (κ1) is 28.2. The van der Waals surface area contributed by atoms with E-state index >= 15 is 0 Å². The highest BCUT2D eigenvalue weighted by atomic mass is 16.5. The highest BCUT2D eigenvalue weighted by Crippen LogP contribution is 2.39. The molecule has 2 aliphatic rings. The number of nitrogens with one attached hydrogen (secondary N) is 1. The van der Waals surface area contributed by atoms with Crippen LogP contribution in [0.4, 0.5) is 11.4 Å². The van der Waals surface area contributed by atoms with Crippen molar-refractivity contribution in [2.45, 2.75) is 44.6 Å².